The SMILES string of the molecule is O=C(O)CN(CC(=O)O)c1ccc(F)cc1OCCOc1cc2cc(C(=O)O)c(=O)oc2cc1N(CC(=O)O)CC(=O)O. The van der Waals surface area contributed by atoms with Gasteiger partial charge in [-0.2, -0.15) is 0 Å². The summed E-state index contributed by atoms with van der Waals surface area (Å²) in [6.07, 6.45) is 0. The molecule has 0 saturated carbocycles. The number of aromatic carboxylic acids is 1. The number of nitrogens with zero attached hydrogens (tertiary/aromatic N) is 2. The summed E-state index contributed by atoms with van der Waals surface area (Å²) in [6.45, 7) is -3.88. The first kappa shape index (κ1) is 31.7. The number of rotatable bonds is 16. The highest BCUT2D eigenvalue weighted by molar-refractivity contribution is 5.94. The second-order valence-electron chi connectivity index (χ2n) is 8.71. The number of carbonyl (C=O) groups is 5. The molecule has 0 fully saturated rings. The monoisotopic (exact) mass is 606 g/mol. The molecule has 17 heteroatoms. The predicted octanol–water partition coefficient (Wildman–Crippen LogP) is 1.04. The van der Waals surface area contributed by atoms with Crippen LogP contribution in [0.1, 0.15) is 10.4 Å². The van der Waals surface area contributed by atoms with Crippen LogP contribution in [0.4, 0.5) is 15.8 Å². The zero-order chi connectivity index (χ0) is 31.8. The fraction of sp³-hybridized carbons (Fsp3) is 0.231. The summed E-state index contributed by atoms with van der Waals surface area (Å²) in [7, 11) is 0. The van der Waals surface area contributed by atoms with E-state index in [1.807, 2.05) is 0 Å². The Morgan fingerprint density at radius 1 is 0.698 bits per heavy atom. The summed E-state index contributed by atoms with van der Waals surface area (Å²) < 4.78 is 30.2. The van der Waals surface area contributed by atoms with Gasteiger partial charge in [0, 0.05) is 17.5 Å². The topological polar surface area (TPSA) is 242 Å². The van der Waals surface area contributed by atoms with Crippen molar-refractivity contribution < 1.29 is 67.8 Å². The largest absolute Gasteiger partial charge is 0.488 e. The smallest absolute Gasteiger partial charge is 0.351 e. The molecule has 43 heavy (non-hydrogen) atoms. The fourth-order valence-corrected chi connectivity index (χ4v) is 3.92. The van der Waals surface area contributed by atoms with E-state index in [-0.39, 0.29) is 47.1 Å². The Morgan fingerprint density at radius 3 is 1.67 bits per heavy atom. The third kappa shape index (κ3) is 8.56. The molecule has 0 aliphatic heterocycles. The van der Waals surface area contributed by atoms with Gasteiger partial charge in [0.2, 0.25) is 0 Å². The maximum absolute atomic E-state index is 14.0. The highest BCUT2D eigenvalue weighted by Crippen LogP contribution is 2.34. The molecule has 0 aliphatic carbocycles. The van der Waals surface area contributed by atoms with Crippen LogP contribution in [-0.2, 0) is 19.2 Å². The molecular formula is C26H23FN2O14. The Kier molecular flexibility index (Phi) is 10.1. The Balaban J connectivity index is 1.95. The number of hydrogen-bond donors (Lipinski definition) is 5. The van der Waals surface area contributed by atoms with Gasteiger partial charge in [-0.3, -0.25) is 19.2 Å². The highest BCUT2D eigenvalue weighted by atomic mass is 19.1. The van der Waals surface area contributed by atoms with Crippen molar-refractivity contribution in [2.45, 2.75) is 0 Å². The maximum Gasteiger partial charge on any atom is 0.351 e. The van der Waals surface area contributed by atoms with Crippen LogP contribution < -0.4 is 24.9 Å². The summed E-state index contributed by atoms with van der Waals surface area (Å²) in [6, 6.07) is 6.26. The first-order valence-corrected chi connectivity index (χ1v) is 12.0. The lowest BCUT2D eigenvalue weighted by molar-refractivity contribution is -0.138. The van der Waals surface area contributed by atoms with Gasteiger partial charge in [0.25, 0.3) is 0 Å². The minimum atomic E-state index is -1.58. The molecule has 0 radical (unpaired) electrons. The van der Waals surface area contributed by atoms with Gasteiger partial charge < -0.3 is 49.2 Å². The van der Waals surface area contributed by atoms with Gasteiger partial charge in [0.05, 0.1) is 11.4 Å². The van der Waals surface area contributed by atoms with E-state index in [2.05, 4.69) is 0 Å². The fourth-order valence-electron chi connectivity index (χ4n) is 3.92. The third-order valence-electron chi connectivity index (χ3n) is 5.55. The van der Waals surface area contributed by atoms with Crippen molar-refractivity contribution in [3.63, 3.8) is 0 Å². The Hall–Kier alpha value is -5.87. The first-order valence-electron chi connectivity index (χ1n) is 12.0. The van der Waals surface area contributed by atoms with Crippen molar-refractivity contribution in [1.82, 2.24) is 0 Å². The van der Waals surface area contributed by atoms with Crippen molar-refractivity contribution >= 4 is 52.2 Å². The minimum absolute atomic E-state index is 0.0349. The minimum Gasteiger partial charge on any atom is -0.488 e. The van der Waals surface area contributed by atoms with E-state index >= 15 is 0 Å². The van der Waals surface area contributed by atoms with Crippen molar-refractivity contribution in [1.29, 1.82) is 0 Å². The molecule has 228 valence electrons. The maximum atomic E-state index is 14.0. The Bertz CT molecular complexity index is 1600. The van der Waals surface area contributed by atoms with Crippen LogP contribution in [0.3, 0.4) is 0 Å². The lowest BCUT2D eigenvalue weighted by atomic mass is 10.1. The molecule has 0 bridgehead atoms. The molecule has 0 amide bonds. The van der Waals surface area contributed by atoms with E-state index in [9.17, 15) is 48.5 Å². The molecule has 3 rings (SSSR count). The summed E-state index contributed by atoms with van der Waals surface area (Å²) in [5, 5.41) is 46.2. The van der Waals surface area contributed by atoms with E-state index in [4.69, 9.17) is 24.1 Å². The van der Waals surface area contributed by atoms with Crippen LogP contribution in [0.25, 0.3) is 11.0 Å². The number of benzene rings is 2. The van der Waals surface area contributed by atoms with Gasteiger partial charge in [-0.25, -0.2) is 14.0 Å². The molecular weight excluding hydrogens is 583 g/mol. The van der Waals surface area contributed by atoms with Gasteiger partial charge in [0.1, 0.15) is 67.9 Å². The zero-order valence-electron chi connectivity index (χ0n) is 21.9. The standard InChI is InChI=1S/C26H23FN2O14/c27-14-1-2-16(28(9-21(30)31)10-22(32)33)20(7-14)42-4-3-41-19-6-13-5-15(25(38)39)26(40)43-18(13)8-17(19)29(11-23(34)35)12-24(36)37/h1-2,5-8H,3-4,9-12H2,(H,30,31)(H,32,33)(H,34,35)(H,36,37)(H,38,39). The third-order valence-corrected chi connectivity index (χ3v) is 5.55. The molecule has 1 heterocycles. The second-order valence-corrected chi connectivity index (χ2v) is 8.71. The molecule has 3 aromatic rings. The summed E-state index contributed by atoms with van der Waals surface area (Å²) in [4.78, 5) is 70.6. The van der Waals surface area contributed by atoms with Gasteiger partial charge in [-0.05, 0) is 24.3 Å². The lowest BCUT2D eigenvalue weighted by Crippen LogP contribution is -2.35. The molecule has 0 saturated heterocycles. The molecule has 1 aromatic heterocycles. The summed E-state index contributed by atoms with van der Waals surface area (Å²) >= 11 is 0. The van der Waals surface area contributed by atoms with E-state index in [0.29, 0.717) is 0 Å². The number of carboxylic acid groups (broad SMARTS) is 5. The normalized spacial score (nSPS) is 10.6. The lowest BCUT2D eigenvalue weighted by Gasteiger charge is -2.25. The first-order chi connectivity index (χ1) is 20.2. The van der Waals surface area contributed by atoms with Crippen LogP contribution in [0.15, 0.2) is 45.6 Å². The number of anilines is 2. The van der Waals surface area contributed by atoms with Gasteiger partial charge in [0.15, 0.2) is 0 Å². The Morgan fingerprint density at radius 2 is 1.19 bits per heavy atom. The number of carboxylic acids is 5. The zero-order valence-corrected chi connectivity index (χ0v) is 21.9. The van der Waals surface area contributed by atoms with E-state index in [1.165, 1.54) is 6.07 Å². The van der Waals surface area contributed by atoms with E-state index < -0.39 is 73.0 Å². The van der Waals surface area contributed by atoms with Crippen LogP contribution >= 0.6 is 0 Å². The van der Waals surface area contributed by atoms with Gasteiger partial charge >= 0.3 is 35.5 Å². The van der Waals surface area contributed by atoms with Crippen molar-refractivity contribution in [3.05, 3.63) is 58.2 Å². The molecule has 2 aromatic carbocycles. The molecule has 0 aliphatic rings. The van der Waals surface area contributed by atoms with E-state index in [0.717, 1.165) is 40.1 Å². The number of hydrogen-bond acceptors (Lipinski definition) is 11. The molecule has 16 nitrogen and oxygen atoms in total. The molecule has 0 spiro atoms. The van der Waals surface area contributed by atoms with Crippen LogP contribution in [-0.4, -0.2) is 94.8 Å². The van der Waals surface area contributed by atoms with Gasteiger partial charge in [-0.15, -0.1) is 0 Å². The summed E-state index contributed by atoms with van der Waals surface area (Å²) in [5.74, 6) is -8.31. The van der Waals surface area contributed by atoms with Crippen molar-refractivity contribution in [2.24, 2.45) is 0 Å². The predicted molar refractivity (Wildman–Crippen MR) is 142 cm³/mol. The molecule has 5 N–H and O–H groups in total. The van der Waals surface area contributed by atoms with Crippen LogP contribution in [0, 0.1) is 5.82 Å². The van der Waals surface area contributed by atoms with Crippen molar-refractivity contribution in [3.8, 4) is 11.5 Å². The quantitative estimate of drug-likeness (QED) is 0.113. The van der Waals surface area contributed by atoms with Crippen LogP contribution in [0.2, 0.25) is 0 Å². The van der Waals surface area contributed by atoms with Crippen LogP contribution in [0.5, 0.6) is 11.5 Å². The highest BCUT2D eigenvalue weighted by Gasteiger charge is 2.23. The number of ether oxygens (including phenoxy) is 2. The van der Waals surface area contributed by atoms with E-state index in [1.54, 1.807) is 0 Å². The number of fused-ring (bicyclic) bond motifs is 1. The number of halogens is 1. The Labute approximate surface area is 239 Å². The second kappa shape index (κ2) is 13.7. The average molecular weight is 606 g/mol. The van der Waals surface area contributed by atoms with Gasteiger partial charge in [-0.1, -0.05) is 0 Å². The number of aliphatic carboxylic acids is 4. The van der Waals surface area contributed by atoms with Crippen molar-refractivity contribution in [2.75, 3.05) is 49.2 Å². The molecule has 0 atom stereocenters. The average Bonchev–Trinajstić information content (AvgIpc) is 2.88. The molecule has 0 unspecified atom stereocenters. The summed E-state index contributed by atoms with van der Waals surface area (Å²) in [5.41, 5.74) is -2.32.